The third-order valence-electron chi connectivity index (χ3n) is 3.46. The first kappa shape index (κ1) is 12.1. The van der Waals surface area contributed by atoms with Crippen molar-refractivity contribution < 1.29 is 9.13 Å². The Labute approximate surface area is 111 Å². The van der Waals surface area contributed by atoms with Crippen LogP contribution in [0.1, 0.15) is 22.7 Å². The molecule has 0 amide bonds. The van der Waals surface area contributed by atoms with Gasteiger partial charge in [-0.15, -0.1) is 0 Å². The van der Waals surface area contributed by atoms with Gasteiger partial charge >= 0.3 is 0 Å². The lowest BCUT2D eigenvalue weighted by Crippen LogP contribution is -2.19. The summed E-state index contributed by atoms with van der Waals surface area (Å²) in [6.45, 7) is 0.696. The van der Waals surface area contributed by atoms with Crippen LogP contribution in [0.15, 0.2) is 36.7 Å². The zero-order valence-electron chi connectivity index (χ0n) is 10.7. The number of hydrogen-bond acceptors (Lipinski definition) is 3. The highest BCUT2D eigenvalue weighted by molar-refractivity contribution is 5.48. The molecule has 0 saturated carbocycles. The van der Waals surface area contributed by atoms with Gasteiger partial charge in [0.15, 0.2) is 0 Å². The van der Waals surface area contributed by atoms with Gasteiger partial charge in [-0.25, -0.2) is 4.39 Å². The van der Waals surface area contributed by atoms with E-state index in [0.717, 1.165) is 17.7 Å². The molecule has 4 heteroatoms. The molecule has 3 nitrogen and oxygen atoms in total. The third-order valence-corrected chi connectivity index (χ3v) is 3.46. The van der Waals surface area contributed by atoms with Crippen molar-refractivity contribution >= 4 is 0 Å². The van der Waals surface area contributed by atoms with Crippen LogP contribution in [-0.2, 0) is 6.42 Å². The predicted molar refractivity (Wildman–Crippen MR) is 70.7 cm³/mol. The number of rotatable bonds is 3. The second-order valence-electron chi connectivity index (χ2n) is 4.55. The van der Waals surface area contributed by atoms with E-state index in [1.165, 1.54) is 11.8 Å². The molecule has 1 aromatic carbocycles. The number of ether oxygens (including phenoxy) is 1. The topological polar surface area (TPSA) is 34.2 Å². The average Bonchev–Trinajstić information content (AvgIpc) is 2.91. The number of nitrogens with zero attached hydrogens (tertiary/aromatic N) is 1. The molecule has 1 unspecified atom stereocenters. The first-order chi connectivity index (χ1) is 9.31. The highest BCUT2D eigenvalue weighted by atomic mass is 19.1. The number of nitrogens with one attached hydrogen (secondary N) is 1. The lowest BCUT2D eigenvalue weighted by molar-refractivity contribution is 0.350. The minimum atomic E-state index is -0.308. The summed E-state index contributed by atoms with van der Waals surface area (Å²) in [5.74, 6) is 0.579. The summed E-state index contributed by atoms with van der Waals surface area (Å²) in [5.41, 5.74) is 2.75. The monoisotopic (exact) mass is 258 g/mol. The smallest absolute Gasteiger partial charge is 0.146 e. The standard InChI is InChI=1S/C15H15FN2O/c1-17-14(11-5-7-18-9-13(11)16)12-4-2-3-10-6-8-19-15(10)12/h2-5,7,9,14,17H,6,8H2,1H3. The fraction of sp³-hybridized carbons (Fsp3) is 0.267. The Morgan fingerprint density at radius 3 is 3.00 bits per heavy atom. The van der Waals surface area contributed by atoms with E-state index in [1.54, 1.807) is 12.3 Å². The quantitative estimate of drug-likeness (QED) is 0.918. The fourth-order valence-corrected chi connectivity index (χ4v) is 2.57. The number of para-hydroxylation sites is 1. The van der Waals surface area contributed by atoms with Gasteiger partial charge in [-0.05, 0) is 18.7 Å². The van der Waals surface area contributed by atoms with E-state index >= 15 is 0 Å². The summed E-state index contributed by atoms with van der Waals surface area (Å²) >= 11 is 0. The summed E-state index contributed by atoms with van der Waals surface area (Å²) in [6.07, 6.45) is 3.76. The summed E-state index contributed by atoms with van der Waals surface area (Å²) < 4.78 is 19.6. The van der Waals surface area contributed by atoms with E-state index in [1.807, 2.05) is 19.2 Å². The Morgan fingerprint density at radius 1 is 1.32 bits per heavy atom. The second kappa shape index (κ2) is 4.97. The molecule has 2 aromatic rings. The number of aromatic nitrogens is 1. The predicted octanol–water partition coefficient (Wildman–Crippen LogP) is 2.46. The Balaban J connectivity index is 2.09. The highest BCUT2D eigenvalue weighted by Gasteiger charge is 2.24. The van der Waals surface area contributed by atoms with Crippen molar-refractivity contribution in [3.05, 3.63) is 59.2 Å². The van der Waals surface area contributed by atoms with Crippen LogP contribution in [0.2, 0.25) is 0 Å². The maximum atomic E-state index is 13.9. The molecule has 0 spiro atoms. The SMILES string of the molecule is CNC(c1ccncc1F)c1cccc2c1OCC2. The highest BCUT2D eigenvalue weighted by Crippen LogP contribution is 2.36. The van der Waals surface area contributed by atoms with Crippen LogP contribution < -0.4 is 10.1 Å². The molecule has 0 fully saturated rings. The van der Waals surface area contributed by atoms with Crippen LogP contribution in [-0.4, -0.2) is 18.6 Å². The Bertz CT molecular complexity index is 600. The van der Waals surface area contributed by atoms with Crippen LogP contribution in [0.5, 0.6) is 5.75 Å². The van der Waals surface area contributed by atoms with Crippen molar-refractivity contribution in [3.63, 3.8) is 0 Å². The van der Waals surface area contributed by atoms with Crippen LogP contribution in [0.3, 0.4) is 0 Å². The van der Waals surface area contributed by atoms with Gasteiger partial charge < -0.3 is 10.1 Å². The Kier molecular flexibility index (Phi) is 3.17. The van der Waals surface area contributed by atoms with Gasteiger partial charge in [-0.3, -0.25) is 4.98 Å². The van der Waals surface area contributed by atoms with Gasteiger partial charge in [-0.1, -0.05) is 18.2 Å². The maximum absolute atomic E-state index is 13.9. The first-order valence-electron chi connectivity index (χ1n) is 6.32. The van der Waals surface area contributed by atoms with E-state index in [9.17, 15) is 4.39 Å². The molecule has 0 bridgehead atoms. The summed E-state index contributed by atoms with van der Waals surface area (Å²) in [5, 5.41) is 3.16. The molecule has 0 aliphatic carbocycles. The molecular formula is C15H15FN2O. The summed E-state index contributed by atoms with van der Waals surface area (Å²) in [4.78, 5) is 3.79. The molecule has 2 heterocycles. The maximum Gasteiger partial charge on any atom is 0.146 e. The van der Waals surface area contributed by atoms with Crippen LogP contribution in [0.4, 0.5) is 4.39 Å². The van der Waals surface area contributed by atoms with E-state index < -0.39 is 0 Å². The number of halogens is 1. The van der Waals surface area contributed by atoms with Crippen LogP contribution in [0.25, 0.3) is 0 Å². The van der Waals surface area contributed by atoms with Crippen LogP contribution in [0, 0.1) is 5.82 Å². The number of hydrogen-bond donors (Lipinski definition) is 1. The molecule has 98 valence electrons. The zero-order chi connectivity index (χ0) is 13.2. The van der Waals surface area contributed by atoms with Crippen molar-refractivity contribution in [2.75, 3.05) is 13.7 Å². The van der Waals surface area contributed by atoms with Gasteiger partial charge in [0.1, 0.15) is 11.6 Å². The molecule has 1 N–H and O–H groups in total. The Hall–Kier alpha value is -1.94. The van der Waals surface area contributed by atoms with Crippen LogP contribution >= 0.6 is 0 Å². The lowest BCUT2D eigenvalue weighted by Gasteiger charge is -2.20. The van der Waals surface area contributed by atoms with E-state index in [2.05, 4.69) is 16.4 Å². The average molecular weight is 258 g/mol. The molecule has 1 aromatic heterocycles. The normalized spacial score (nSPS) is 14.8. The third kappa shape index (κ3) is 2.08. The second-order valence-corrected chi connectivity index (χ2v) is 4.55. The van der Waals surface area contributed by atoms with Gasteiger partial charge in [0.25, 0.3) is 0 Å². The zero-order valence-corrected chi connectivity index (χ0v) is 10.7. The largest absolute Gasteiger partial charge is 0.493 e. The van der Waals surface area contributed by atoms with Gasteiger partial charge in [0, 0.05) is 23.7 Å². The van der Waals surface area contributed by atoms with Crippen molar-refractivity contribution in [2.24, 2.45) is 0 Å². The lowest BCUT2D eigenvalue weighted by atomic mass is 9.96. The first-order valence-corrected chi connectivity index (χ1v) is 6.32. The molecular weight excluding hydrogens is 243 g/mol. The molecule has 19 heavy (non-hydrogen) atoms. The number of pyridine rings is 1. The van der Waals surface area contributed by atoms with E-state index in [4.69, 9.17) is 4.74 Å². The molecule has 0 radical (unpaired) electrons. The molecule has 1 aliphatic heterocycles. The van der Waals surface area contributed by atoms with Crippen molar-refractivity contribution in [3.8, 4) is 5.75 Å². The molecule has 1 aliphatic rings. The van der Waals surface area contributed by atoms with Gasteiger partial charge in [0.2, 0.25) is 0 Å². The number of benzene rings is 1. The van der Waals surface area contributed by atoms with Crippen molar-refractivity contribution in [2.45, 2.75) is 12.5 Å². The Morgan fingerprint density at radius 2 is 2.21 bits per heavy atom. The van der Waals surface area contributed by atoms with E-state index in [-0.39, 0.29) is 11.9 Å². The summed E-state index contributed by atoms with van der Waals surface area (Å²) in [6, 6.07) is 7.50. The fourth-order valence-electron chi connectivity index (χ4n) is 2.57. The number of fused-ring (bicyclic) bond motifs is 1. The molecule has 0 saturated heterocycles. The van der Waals surface area contributed by atoms with E-state index in [0.29, 0.717) is 12.2 Å². The minimum absolute atomic E-state index is 0.226. The van der Waals surface area contributed by atoms with Crippen molar-refractivity contribution in [1.82, 2.24) is 10.3 Å². The molecule has 1 atom stereocenters. The minimum Gasteiger partial charge on any atom is -0.493 e. The van der Waals surface area contributed by atoms with Gasteiger partial charge in [0.05, 0.1) is 18.8 Å². The van der Waals surface area contributed by atoms with Gasteiger partial charge in [-0.2, -0.15) is 0 Å². The molecule has 3 rings (SSSR count). The summed E-state index contributed by atoms with van der Waals surface area (Å²) in [7, 11) is 1.82. The van der Waals surface area contributed by atoms with Crippen molar-refractivity contribution in [1.29, 1.82) is 0 Å².